The third-order valence-corrected chi connectivity index (χ3v) is 4.49. The molecule has 1 aromatic carbocycles. The van der Waals surface area contributed by atoms with Gasteiger partial charge in [-0.1, -0.05) is 18.2 Å². The van der Waals surface area contributed by atoms with E-state index < -0.39 is 11.4 Å². The monoisotopic (exact) mass is 313 g/mol. The number of aliphatic carboxylic acids is 1. The summed E-state index contributed by atoms with van der Waals surface area (Å²) in [6.45, 7) is 3.98. The van der Waals surface area contributed by atoms with Crippen molar-refractivity contribution in [1.82, 2.24) is 15.1 Å². The van der Waals surface area contributed by atoms with E-state index in [1.165, 1.54) is 6.20 Å². The normalized spacial score (nSPS) is 15.2. The van der Waals surface area contributed by atoms with E-state index in [9.17, 15) is 9.59 Å². The Labute approximate surface area is 134 Å². The fourth-order valence-corrected chi connectivity index (χ4v) is 2.64. The van der Waals surface area contributed by atoms with Gasteiger partial charge in [0.05, 0.1) is 28.6 Å². The molecule has 2 N–H and O–H groups in total. The lowest BCUT2D eigenvalue weighted by molar-refractivity contribution is -0.143. The van der Waals surface area contributed by atoms with Gasteiger partial charge in [-0.05, 0) is 38.3 Å². The second-order valence-electron chi connectivity index (χ2n) is 6.11. The Morgan fingerprint density at radius 2 is 2.00 bits per heavy atom. The van der Waals surface area contributed by atoms with Gasteiger partial charge < -0.3 is 10.4 Å². The summed E-state index contributed by atoms with van der Waals surface area (Å²) in [5.41, 5.74) is 2.42. The quantitative estimate of drug-likeness (QED) is 0.885. The second kappa shape index (κ2) is 5.53. The predicted molar refractivity (Wildman–Crippen MR) is 84.7 cm³/mol. The Hall–Kier alpha value is -2.63. The zero-order chi connectivity index (χ0) is 16.6. The molecule has 6 nitrogen and oxygen atoms in total. The van der Waals surface area contributed by atoms with Crippen LogP contribution in [0.2, 0.25) is 0 Å². The van der Waals surface area contributed by atoms with Crippen molar-refractivity contribution in [2.75, 3.05) is 6.54 Å². The third kappa shape index (κ3) is 2.72. The molecule has 3 rings (SSSR count). The van der Waals surface area contributed by atoms with Crippen LogP contribution in [0.5, 0.6) is 0 Å². The molecule has 1 aliphatic rings. The maximum Gasteiger partial charge on any atom is 0.311 e. The van der Waals surface area contributed by atoms with Crippen LogP contribution in [0.4, 0.5) is 0 Å². The molecule has 6 heteroatoms. The maximum absolute atomic E-state index is 12.3. The van der Waals surface area contributed by atoms with Crippen LogP contribution in [-0.2, 0) is 4.79 Å². The molecule has 1 saturated carbocycles. The molecule has 2 aromatic rings. The van der Waals surface area contributed by atoms with Gasteiger partial charge in [0.1, 0.15) is 0 Å². The number of carboxylic acid groups (broad SMARTS) is 1. The van der Waals surface area contributed by atoms with Gasteiger partial charge in [-0.3, -0.25) is 9.59 Å². The molecule has 0 bridgehead atoms. The zero-order valence-corrected chi connectivity index (χ0v) is 13.2. The average Bonchev–Trinajstić information content (AvgIpc) is 3.23. The van der Waals surface area contributed by atoms with E-state index in [1.54, 1.807) is 4.68 Å². The van der Waals surface area contributed by atoms with E-state index in [4.69, 9.17) is 5.11 Å². The Morgan fingerprint density at radius 1 is 1.30 bits per heavy atom. The molecule has 120 valence electrons. The van der Waals surface area contributed by atoms with Gasteiger partial charge >= 0.3 is 5.97 Å². The number of aryl methyl sites for hydroxylation is 1. The number of benzene rings is 1. The minimum Gasteiger partial charge on any atom is -0.481 e. The maximum atomic E-state index is 12.3. The molecule has 1 heterocycles. The van der Waals surface area contributed by atoms with E-state index in [-0.39, 0.29) is 12.5 Å². The van der Waals surface area contributed by atoms with Gasteiger partial charge in [-0.25, -0.2) is 4.68 Å². The average molecular weight is 313 g/mol. The van der Waals surface area contributed by atoms with Gasteiger partial charge in [0.2, 0.25) is 0 Å². The van der Waals surface area contributed by atoms with Crippen LogP contribution < -0.4 is 5.32 Å². The zero-order valence-electron chi connectivity index (χ0n) is 13.2. The Balaban J connectivity index is 1.78. The number of carboxylic acids is 1. The van der Waals surface area contributed by atoms with E-state index in [0.29, 0.717) is 18.4 Å². The smallest absolute Gasteiger partial charge is 0.311 e. The molecular weight excluding hydrogens is 294 g/mol. The van der Waals surface area contributed by atoms with Crippen molar-refractivity contribution in [3.8, 4) is 5.69 Å². The number of hydrogen-bond donors (Lipinski definition) is 2. The van der Waals surface area contributed by atoms with Crippen molar-refractivity contribution in [3.05, 3.63) is 47.3 Å². The van der Waals surface area contributed by atoms with E-state index in [1.807, 2.05) is 38.1 Å². The van der Waals surface area contributed by atoms with Crippen LogP contribution in [0.3, 0.4) is 0 Å². The highest BCUT2D eigenvalue weighted by molar-refractivity contribution is 5.95. The Morgan fingerprint density at radius 3 is 2.61 bits per heavy atom. The van der Waals surface area contributed by atoms with E-state index in [0.717, 1.165) is 16.9 Å². The molecule has 0 unspecified atom stereocenters. The van der Waals surface area contributed by atoms with Crippen LogP contribution >= 0.6 is 0 Å². The molecule has 0 saturated heterocycles. The third-order valence-electron chi connectivity index (χ3n) is 4.49. The summed E-state index contributed by atoms with van der Waals surface area (Å²) >= 11 is 0. The number of aromatic nitrogens is 2. The summed E-state index contributed by atoms with van der Waals surface area (Å²) in [4.78, 5) is 23.5. The first-order valence-electron chi connectivity index (χ1n) is 7.57. The van der Waals surface area contributed by atoms with Crippen molar-refractivity contribution in [3.63, 3.8) is 0 Å². The molecule has 1 aromatic heterocycles. The van der Waals surface area contributed by atoms with Crippen molar-refractivity contribution in [2.24, 2.45) is 5.41 Å². The number of nitrogens with zero attached hydrogens (tertiary/aromatic N) is 2. The van der Waals surface area contributed by atoms with Gasteiger partial charge in [-0.15, -0.1) is 0 Å². The van der Waals surface area contributed by atoms with Crippen molar-refractivity contribution in [2.45, 2.75) is 26.7 Å². The van der Waals surface area contributed by atoms with Crippen molar-refractivity contribution < 1.29 is 14.7 Å². The highest BCUT2D eigenvalue weighted by Gasteiger charge is 2.50. The van der Waals surface area contributed by atoms with Crippen LogP contribution in [0.1, 0.15) is 34.5 Å². The van der Waals surface area contributed by atoms with Crippen LogP contribution in [0.15, 0.2) is 30.5 Å². The molecular formula is C17H19N3O3. The summed E-state index contributed by atoms with van der Waals surface area (Å²) in [7, 11) is 0. The van der Waals surface area contributed by atoms with Crippen LogP contribution in [-0.4, -0.2) is 33.3 Å². The van der Waals surface area contributed by atoms with Gasteiger partial charge in [-0.2, -0.15) is 5.10 Å². The summed E-state index contributed by atoms with van der Waals surface area (Å²) in [5, 5.41) is 16.2. The molecule has 0 spiro atoms. The minimum atomic E-state index is -0.842. The lowest BCUT2D eigenvalue weighted by Crippen LogP contribution is -2.34. The fourth-order valence-electron chi connectivity index (χ4n) is 2.64. The molecule has 1 fully saturated rings. The van der Waals surface area contributed by atoms with Crippen LogP contribution in [0.25, 0.3) is 5.69 Å². The number of nitrogens with one attached hydrogen (secondary N) is 1. The Bertz CT molecular complexity index is 775. The lowest BCUT2D eigenvalue weighted by Gasteiger charge is -2.11. The minimum absolute atomic E-state index is 0.163. The topological polar surface area (TPSA) is 84.2 Å². The fraction of sp³-hybridized carbons (Fsp3) is 0.353. The number of para-hydroxylation sites is 1. The number of carbonyl (C=O) groups is 2. The molecule has 1 aliphatic carbocycles. The number of hydrogen-bond acceptors (Lipinski definition) is 3. The molecule has 0 aliphatic heterocycles. The first-order valence-corrected chi connectivity index (χ1v) is 7.57. The summed E-state index contributed by atoms with van der Waals surface area (Å²) in [6.07, 6.45) is 2.76. The highest BCUT2D eigenvalue weighted by atomic mass is 16.4. The predicted octanol–water partition coefficient (Wildman–Crippen LogP) is 2.08. The molecule has 23 heavy (non-hydrogen) atoms. The van der Waals surface area contributed by atoms with E-state index >= 15 is 0 Å². The first-order chi connectivity index (χ1) is 10.9. The SMILES string of the molecule is Cc1ccccc1-n1ncc(C(=O)NCC2(C(=O)O)CC2)c1C. The van der Waals surface area contributed by atoms with Gasteiger partial charge in [0.15, 0.2) is 0 Å². The largest absolute Gasteiger partial charge is 0.481 e. The number of carbonyl (C=O) groups excluding carboxylic acids is 1. The summed E-state index contributed by atoms with van der Waals surface area (Å²) in [6, 6.07) is 7.81. The molecule has 1 amide bonds. The van der Waals surface area contributed by atoms with Gasteiger partial charge in [0, 0.05) is 6.54 Å². The molecule has 0 radical (unpaired) electrons. The Kier molecular flexibility index (Phi) is 3.67. The summed E-state index contributed by atoms with van der Waals surface area (Å²) < 4.78 is 1.73. The lowest BCUT2D eigenvalue weighted by atomic mass is 10.1. The van der Waals surface area contributed by atoms with Gasteiger partial charge in [0.25, 0.3) is 5.91 Å². The number of rotatable bonds is 5. The number of amides is 1. The molecule has 0 atom stereocenters. The second-order valence-corrected chi connectivity index (χ2v) is 6.11. The standard InChI is InChI=1S/C17H19N3O3/c1-11-5-3-4-6-14(11)20-12(2)13(9-19-20)15(21)18-10-17(7-8-17)16(22)23/h3-6,9H,7-8,10H2,1-2H3,(H,18,21)(H,22,23). The highest BCUT2D eigenvalue weighted by Crippen LogP contribution is 2.45. The summed E-state index contributed by atoms with van der Waals surface area (Å²) in [5.74, 6) is -1.13. The van der Waals surface area contributed by atoms with Crippen LogP contribution in [0, 0.1) is 19.3 Å². The first kappa shape index (κ1) is 15.3. The van der Waals surface area contributed by atoms with E-state index in [2.05, 4.69) is 10.4 Å². The van der Waals surface area contributed by atoms with Crippen molar-refractivity contribution >= 4 is 11.9 Å². The van der Waals surface area contributed by atoms with Crippen molar-refractivity contribution in [1.29, 1.82) is 0 Å².